The first-order valence-electron chi connectivity index (χ1n) is 9.34. The molecule has 0 aliphatic rings. The number of aromatic nitrogens is 2. The molecule has 3 rings (SSSR count). The maximum atomic E-state index is 13.2. The molecule has 1 atom stereocenters. The van der Waals surface area contributed by atoms with Crippen LogP contribution in [0, 0.1) is 6.92 Å². The summed E-state index contributed by atoms with van der Waals surface area (Å²) in [5.74, 6) is -0.179. The zero-order chi connectivity index (χ0) is 19.4. The van der Waals surface area contributed by atoms with Crippen LogP contribution < -0.4 is 10.9 Å². The van der Waals surface area contributed by atoms with Crippen LogP contribution in [-0.4, -0.2) is 35.4 Å². The van der Waals surface area contributed by atoms with E-state index in [0.717, 1.165) is 26.9 Å². The Kier molecular flexibility index (Phi) is 6.23. The number of fused-ring (bicyclic) bond motifs is 3. The summed E-state index contributed by atoms with van der Waals surface area (Å²) < 4.78 is 8.59. The molecule has 7 heteroatoms. The predicted octanol–water partition coefficient (Wildman–Crippen LogP) is 3.41. The second-order valence-electron chi connectivity index (χ2n) is 6.40. The maximum Gasteiger partial charge on any atom is 0.276 e. The molecule has 0 saturated heterocycles. The van der Waals surface area contributed by atoms with Crippen LogP contribution in [0.15, 0.2) is 29.1 Å². The van der Waals surface area contributed by atoms with Crippen molar-refractivity contribution in [3.8, 4) is 0 Å². The number of ether oxygens (including phenoxy) is 1. The Balaban J connectivity index is 1.94. The van der Waals surface area contributed by atoms with Gasteiger partial charge in [-0.15, -0.1) is 11.3 Å². The Morgan fingerprint density at radius 2 is 2.11 bits per heavy atom. The molecule has 27 heavy (non-hydrogen) atoms. The highest BCUT2D eigenvalue weighted by molar-refractivity contribution is 7.26. The molecule has 1 aromatic carbocycles. The van der Waals surface area contributed by atoms with Crippen molar-refractivity contribution in [1.82, 2.24) is 15.1 Å². The molecule has 0 aliphatic heterocycles. The van der Waals surface area contributed by atoms with Crippen LogP contribution >= 0.6 is 11.3 Å². The van der Waals surface area contributed by atoms with Crippen molar-refractivity contribution < 1.29 is 9.53 Å². The number of benzene rings is 1. The average molecular weight is 388 g/mol. The highest BCUT2D eigenvalue weighted by Crippen LogP contribution is 2.33. The molecule has 0 bridgehead atoms. The number of hydrogen-bond acceptors (Lipinski definition) is 5. The summed E-state index contributed by atoms with van der Waals surface area (Å²) in [6.45, 7) is 7.52. The summed E-state index contributed by atoms with van der Waals surface area (Å²) >= 11 is 1.57. The summed E-state index contributed by atoms with van der Waals surface area (Å²) in [5, 5.41) is 8.96. The topological polar surface area (TPSA) is 73.2 Å². The fraction of sp³-hybridized carbons (Fsp3) is 0.450. The Bertz CT molecular complexity index is 1010. The SMILES string of the molecule is CCOCCCNC(=O)[C@@H](CC)n1nc(C)c2sc3ccccc3c2c1=O. The molecule has 2 aromatic heterocycles. The molecule has 0 unspecified atom stereocenters. The normalized spacial score (nSPS) is 12.6. The minimum Gasteiger partial charge on any atom is -0.382 e. The monoisotopic (exact) mass is 387 g/mol. The number of hydrogen-bond donors (Lipinski definition) is 1. The minimum atomic E-state index is -0.619. The Labute approximate surface area is 162 Å². The van der Waals surface area contributed by atoms with E-state index in [2.05, 4.69) is 10.4 Å². The van der Waals surface area contributed by atoms with Crippen molar-refractivity contribution in [2.24, 2.45) is 0 Å². The van der Waals surface area contributed by atoms with Crippen LogP contribution in [0.2, 0.25) is 0 Å². The molecule has 0 fully saturated rings. The first-order valence-corrected chi connectivity index (χ1v) is 10.2. The molecule has 0 spiro atoms. The number of carbonyl (C=O) groups excluding carboxylic acids is 1. The van der Waals surface area contributed by atoms with Gasteiger partial charge in [0.1, 0.15) is 6.04 Å². The lowest BCUT2D eigenvalue weighted by molar-refractivity contribution is -0.124. The lowest BCUT2D eigenvalue weighted by atomic mass is 10.1. The zero-order valence-electron chi connectivity index (χ0n) is 15.9. The fourth-order valence-electron chi connectivity index (χ4n) is 3.21. The summed E-state index contributed by atoms with van der Waals surface area (Å²) in [6, 6.07) is 7.23. The van der Waals surface area contributed by atoms with Gasteiger partial charge in [-0.1, -0.05) is 25.1 Å². The summed E-state index contributed by atoms with van der Waals surface area (Å²) in [5.41, 5.74) is 0.567. The highest BCUT2D eigenvalue weighted by Gasteiger charge is 2.23. The summed E-state index contributed by atoms with van der Waals surface area (Å²) in [4.78, 5) is 25.8. The van der Waals surface area contributed by atoms with Crippen molar-refractivity contribution >= 4 is 37.4 Å². The van der Waals surface area contributed by atoms with E-state index < -0.39 is 6.04 Å². The first kappa shape index (κ1) is 19.5. The van der Waals surface area contributed by atoms with E-state index in [1.807, 2.05) is 45.0 Å². The van der Waals surface area contributed by atoms with Gasteiger partial charge in [-0.2, -0.15) is 5.10 Å². The Morgan fingerprint density at radius 3 is 2.85 bits per heavy atom. The lowest BCUT2D eigenvalue weighted by Crippen LogP contribution is -2.39. The fourth-order valence-corrected chi connectivity index (χ4v) is 4.34. The Hall–Kier alpha value is -2.25. The highest BCUT2D eigenvalue weighted by atomic mass is 32.1. The summed E-state index contributed by atoms with van der Waals surface area (Å²) in [6.07, 6.45) is 1.24. The number of amides is 1. The molecule has 1 N–H and O–H groups in total. The van der Waals surface area contributed by atoms with Crippen LogP contribution in [0.5, 0.6) is 0 Å². The molecular formula is C20H25N3O3S. The van der Waals surface area contributed by atoms with Gasteiger partial charge in [-0.05, 0) is 32.8 Å². The van der Waals surface area contributed by atoms with Crippen molar-refractivity contribution in [3.63, 3.8) is 0 Å². The van der Waals surface area contributed by atoms with Crippen LogP contribution in [0.3, 0.4) is 0 Å². The zero-order valence-corrected chi connectivity index (χ0v) is 16.8. The molecule has 1 amide bonds. The quantitative estimate of drug-likeness (QED) is 0.601. The third-order valence-electron chi connectivity index (χ3n) is 4.56. The number of nitrogens with one attached hydrogen (secondary N) is 1. The van der Waals surface area contributed by atoms with Gasteiger partial charge in [0, 0.05) is 29.8 Å². The van der Waals surface area contributed by atoms with Gasteiger partial charge in [0.05, 0.1) is 15.8 Å². The van der Waals surface area contributed by atoms with Gasteiger partial charge >= 0.3 is 0 Å². The average Bonchev–Trinajstić information content (AvgIpc) is 3.06. The molecular weight excluding hydrogens is 362 g/mol. The van der Waals surface area contributed by atoms with E-state index in [9.17, 15) is 9.59 Å². The molecule has 0 radical (unpaired) electrons. The number of rotatable bonds is 8. The van der Waals surface area contributed by atoms with Gasteiger partial charge in [0.2, 0.25) is 5.91 Å². The smallest absolute Gasteiger partial charge is 0.276 e. The van der Waals surface area contributed by atoms with Gasteiger partial charge in [-0.25, -0.2) is 4.68 Å². The minimum absolute atomic E-state index is 0.179. The van der Waals surface area contributed by atoms with E-state index in [1.54, 1.807) is 11.3 Å². The van der Waals surface area contributed by atoms with Crippen LogP contribution in [0.25, 0.3) is 20.2 Å². The summed E-state index contributed by atoms with van der Waals surface area (Å²) in [7, 11) is 0. The van der Waals surface area contributed by atoms with Crippen LogP contribution in [-0.2, 0) is 9.53 Å². The van der Waals surface area contributed by atoms with Crippen molar-refractivity contribution in [3.05, 3.63) is 40.3 Å². The molecule has 0 saturated carbocycles. The molecule has 2 heterocycles. The van der Waals surface area contributed by atoms with Crippen molar-refractivity contribution in [2.45, 2.75) is 39.7 Å². The second-order valence-corrected chi connectivity index (χ2v) is 7.46. The van der Waals surface area contributed by atoms with Gasteiger partial charge in [-0.3, -0.25) is 9.59 Å². The largest absolute Gasteiger partial charge is 0.382 e. The number of thiophene rings is 1. The third-order valence-corrected chi connectivity index (χ3v) is 5.84. The Morgan fingerprint density at radius 1 is 1.33 bits per heavy atom. The van der Waals surface area contributed by atoms with Gasteiger partial charge < -0.3 is 10.1 Å². The first-order chi connectivity index (χ1) is 13.1. The third kappa shape index (κ3) is 3.89. The van der Waals surface area contributed by atoms with Crippen molar-refractivity contribution in [1.29, 1.82) is 0 Å². The number of nitrogens with zero attached hydrogens (tertiary/aromatic N) is 2. The van der Waals surface area contributed by atoms with Crippen LogP contribution in [0.4, 0.5) is 0 Å². The molecule has 3 aromatic rings. The van der Waals surface area contributed by atoms with Crippen molar-refractivity contribution in [2.75, 3.05) is 19.8 Å². The lowest BCUT2D eigenvalue weighted by Gasteiger charge is -2.17. The number of aryl methyl sites for hydroxylation is 1. The van der Waals surface area contributed by atoms with E-state index in [4.69, 9.17) is 4.74 Å². The second kappa shape index (κ2) is 8.63. The predicted molar refractivity (Wildman–Crippen MR) is 110 cm³/mol. The van der Waals surface area contributed by atoms with E-state index in [0.29, 0.717) is 31.6 Å². The van der Waals surface area contributed by atoms with Crippen LogP contribution in [0.1, 0.15) is 38.4 Å². The molecule has 6 nitrogen and oxygen atoms in total. The van der Waals surface area contributed by atoms with E-state index >= 15 is 0 Å². The standard InChI is InChI=1S/C20H25N3O3S/c1-4-15(19(24)21-11-8-12-26-5-2)23-20(25)17-14-9-6-7-10-16(14)27-18(17)13(3)22-23/h6-7,9-10,15H,4-5,8,11-12H2,1-3H3,(H,21,24)/t15-/m1/s1. The molecule has 0 aliphatic carbocycles. The van der Waals surface area contributed by atoms with E-state index in [1.165, 1.54) is 4.68 Å². The molecule has 144 valence electrons. The van der Waals surface area contributed by atoms with E-state index in [-0.39, 0.29) is 11.5 Å². The van der Waals surface area contributed by atoms with Gasteiger partial charge in [0.25, 0.3) is 5.56 Å². The number of carbonyl (C=O) groups is 1. The van der Waals surface area contributed by atoms with Gasteiger partial charge in [0.15, 0.2) is 0 Å². The maximum absolute atomic E-state index is 13.2.